The first kappa shape index (κ1) is 16.6. The molecule has 3 N–H and O–H groups in total. The lowest BCUT2D eigenvalue weighted by Gasteiger charge is -2.28. The van der Waals surface area contributed by atoms with Crippen molar-refractivity contribution in [1.82, 2.24) is 5.32 Å². The van der Waals surface area contributed by atoms with Crippen LogP contribution in [0.4, 0.5) is 0 Å². The molecule has 2 saturated carbocycles. The highest BCUT2D eigenvalue weighted by molar-refractivity contribution is 6.30. The Morgan fingerprint density at radius 3 is 2.71 bits per heavy atom. The maximum Gasteiger partial charge on any atom is 0.223 e. The van der Waals surface area contributed by atoms with Crippen molar-refractivity contribution in [2.24, 2.45) is 11.7 Å². The summed E-state index contributed by atoms with van der Waals surface area (Å²) in [6.45, 7) is 0. The molecule has 3 rings (SSSR count). The highest BCUT2D eigenvalue weighted by Crippen LogP contribution is 2.46. The van der Waals surface area contributed by atoms with Gasteiger partial charge in [-0.2, -0.15) is 0 Å². The zero-order chi connectivity index (χ0) is 14.2. The topological polar surface area (TPSA) is 55.1 Å². The Balaban J connectivity index is 0.00000161. The average molecular weight is 329 g/mol. The number of carbonyl (C=O) groups is 1. The Morgan fingerprint density at radius 1 is 1.33 bits per heavy atom. The van der Waals surface area contributed by atoms with E-state index in [0.717, 1.165) is 49.1 Å². The van der Waals surface area contributed by atoms with Crippen molar-refractivity contribution in [2.75, 3.05) is 0 Å². The maximum atomic E-state index is 12.5. The van der Waals surface area contributed by atoms with Crippen LogP contribution in [0.25, 0.3) is 0 Å². The molecule has 2 aliphatic carbocycles. The number of amides is 1. The number of halogens is 2. The van der Waals surface area contributed by atoms with Crippen molar-refractivity contribution < 1.29 is 4.79 Å². The van der Waals surface area contributed by atoms with Crippen LogP contribution in [0.2, 0.25) is 5.02 Å². The molecule has 2 aliphatic rings. The number of hydrogen-bond acceptors (Lipinski definition) is 2. The van der Waals surface area contributed by atoms with Crippen molar-refractivity contribution in [3.05, 3.63) is 34.9 Å². The molecule has 2 atom stereocenters. The molecule has 1 amide bonds. The molecule has 3 nitrogen and oxygen atoms in total. The van der Waals surface area contributed by atoms with Gasteiger partial charge in [0.15, 0.2) is 0 Å². The molecule has 2 fully saturated rings. The fourth-order valence-corrected chi connectivity index (χ4v) is 3.39. The zero-order valence-electron chi connectivity index (χ0n) is 12.0. The number of carbonyl (C=O) groups excluding carboxylic acids is 1. The van der Waals surface area contributed by atoms with E-state index in [2.05, 4.69) is 5.32 Å². The van der Waals surface area contributed by atoms with Crippen molar-refractivity contribution in [2.45, 2.75) is 50.1 Å². The summed E-state index contributed by atoms with van der Waals surface area (Å²) in [4.78, 5) is 12.5. The first-order valence-electron chi connectivity index (χ1n) is 7.43. The molecule has 0 spiro atoms. The van der Waals surface area contributed by atoms with Crippen LogP contribution < -0.4 is 11.1 Å². The first-order chi connectivity index (χ1) is 9.59. The highest BCUT2D eigenvalue weighted by atomic mass is 35.5. The molecule has 0 aromatic heterocycles. The van der Waals surface area contributed by atoms with E-state index in [-0.39, 0.29) is 35.8 Å². The summed E-state index contributed by atoms with van der Waals surface area (Å²) in [7, 11) is 0. The monoisotopic (exact) mass is 328 g/mol. The average Bonchev–Trinajstić information content (AvgIpc) is 3.20. The lowest BCUT2D eigenvalue weighted by atomic mass is 9.85. The van der Waals surface area contributed by atoms with Crippen molar-refractivity contribution in [3.8, 4) is 0 Å². The molecule has 0 aliphatic heterocycles. The zero-order valence-corrected chi connectivity index (χ0v) is 13.6. The number of benzene rings is 1. The first-order valence-corrected chi connectivity index (χ1v) is 7.80. The van der Waals surface area contributed by atoms with Gasteiger partial charge in [-0.25, -0.2) is 0 Å². The Morgan fingerprint density at radius 2 is 2.10 bits per heavy atom. The lowest BCUT2D eigenvalue weighted by molar-refractivity contribution is -0.127. The van der Waals surface area contributed by atoms with Gasteiger partial charge in [-0.3, -0.25) is 4.79 Å². The Kier molecular flexibility index (Phi) is 5.18. The van der Waals surface area contributed by atoms with Crippen LogP contribution in [0, 0.1) is 5.92 Å². The SMILES string of the molecule is Cl.NC1CCCC(C(=O)NC2(c3cccc(Cl)c3)CC2)C1. The Hall–Kier alpha value is -0.770. The second-order valence-electron chi connectivity index (χ2n) is 6.21. The lowest BCUT2D eigenvalue weighted by Crippen LogP contribution is -2.42. The number of nitrogens with two attached hydrogens (primary N) is 1. The minimum atomic E-state index is -0.177. The summed E-state index contributed by atoms with van der Waals surface area (Å²) in [5.74, 6) is 0.244. The van der Waals surface area contributed by atoms with Crippen molar-refractivity contribution in [3.63, 3.8) is 0 Å². The van der Waals surface area contributed by atoms with E-state index >= 15 is 0 Å². The summed E-state index contributed by atoms with van der Waals surface area (Å²) < 4.78 is 0. The van der Waals surface area contributed by atoms with Crippen molar-refractivity contribution >= 4 is 29.9 Å². The third kappa shape index (κ3) is 3.71. The van der Waals surface area contributed by atoms with Gasteiger partial charge in [0.05, 0.1) is 5.54 Å². The van der Waals surface area contributed by atoms with Gasteiger partial charge >= 0.3 is 0 Å². The summed E-state index contributed by atoms with van der Waals surface area (Å²) in [6, 6.07) is 8.00. The predicted molar refractivity (Wildman–Crippen MR) is 87.7 cm³/mol. The van der Waals surface area contributed by atoms with Gasteiger partial charge in [-0.1, -0.05) is 30.2 Å². The minimum absolute atomic E-state index is 0. The van der Waals surface area contributed by atoms with E-state index in [9.17, 15) is 4.79 Å². The molecule has 1 aromatic carbocycles. The van der Waals surface area contributed by atoms with Crippen LogP contribution >= 0.6 is 24.0 Å². The molecule has 21 heavy (non-hydrogen) atoms. The second kappa shape index (κ2) is 6.55. The van der Waals surface area contributed by atoms with Gasteiger partial charge < -0.3 is 11.1 Å². The van der Waals surface area contributed by atoms with Crippen LogP contribution in [0.15, 0.2) is 24.3 Å². The summed E-state index contributed by atoms with van der Waals surface area (Å²) >= 11 is 6.05. The minimum Gasteiger partial charge on any atom is -0.346 e. The van der Waals surface area contributed by atoms with Gasteiger partial charge in [0.2, 0.25) is 5.91 Å². The van der Waals surface area contributed by atoms with Crippen LogP contribution in [0.1, 0.15) is 44.1 Å². The summed E-state index contributed by atoms with van der Waals surface area (Å²) in [6.07, 6.45) is 5.88. The second-order valence-corrected chi connectivity index (χ2v) is 6.64. The molecule has 5 heteroatoms. The van der Waals surface area contributed by atoms with Crippen molar-refractivity contribution in [1.29, 1.82) is 0 Å². The van der Waals surface area contributed by atoms with Crippen LogP contribution in [0.5, 0.6) is 0 Å². The number of nitrogens with one attached hydrogen (secondary N) is 1. The van der Waals surface area contributed by atoms with Gasteiger partial charge in [-0.15, -0.1) is 12.4 Å². The number of hydrogen-bond donors (Lipinski definition) is 2. The van der Waals surface area contributed by atoms with Gasteiger partial charge in [0.25, 0.3) is 0 Å². The molecule has 2 unspecified atom stereocenters. The highest BCUT2D eigenvalue weighted by Gasteiger charge is 2.46. The van der Waals surface area contributed by atoms with Gasteiger partial charge in [-0.05, 0) is 49.8 Å². The summed E-state index contributed by atoms with van der Waals surface area (Å²) in [5.41, 5.74) is 6.92. The van der Waals surface area contributed by atoms with Crippen LogP contribution in [-0.2, 0) is 10.3 Å². The van der Waals surface area contributed by atoms with E-state index < -0.39 is 0 Å². The van der Waals surface area contributed by atoms with Crippen LogP contribution in [-0.4, -0.2) is 11.9 Å². The number of rotatable bonds is 3. The molecular weight excluding hydrogens is 307 g/mol. The molecule has 0 radical (unpaired) electrons. The molecule has 116 valence electrons. The Bertz CT molecular complexity index is 517. The van der Waals surface area contributed by atoms with E-state index in [1.165, 1.54) is 0 Å². The predicted octanol–water partition coefficient (Wildman–Crippen LogP) is 3.38. The van der Waals surface area contributed by atoms with E-state index in [4.69, 9.17) is 17.3 Å². The quantitative estimate of drug-likeness (QED) is 0.893. The van der Waals surface area contributed by atoms with Crippen LogP contribution in [0.3, 0.4) is 0 Å². The third-order valence-corrected chi connectivity index (χ3v) is 4.81. The largest absolute Gasteiger partial charge is 0.346 e. The molecule has 0 saturated heterocycles. The standard InChI is InChI=1S/C16H21ClN2O.ClH/c17-13-5-2-4-12(10-13)16(7-8-16)19-15(20)11-3-1-6-14(18)9-11;/h2,4-5,10-11,14H,1,3,6-9,18H2,(H,19,20);1H. The normalized spacial score (nSPS) is 26.6. The fourth-order valence-electron chi connectivity index (χ4n) is 3.20. The fraction of sp³-hybridized carbons (Fsp3) is 0.562. The Labute approximate surface area is 137 Å². The van der Waals surface area contributed by atoms with E-state index in [0.29, 0.717) is 0 Å². The summed E-state index contributed by atoms with van der Waals surface area (Å²) in [5, 5.41) is 3.97. The van der Waals surface area contributed by atoms with E-state index in [1.807, 2.05) is 24.3 Å². The maximum absolute atomic E-state index is 12.5. The van der Waals surface area contributed by atoms with Gasteiger partial charge in [0.1, 0.15) is 0 Å². The van der Waals surface area contributed by atoms with Gasteiger partial charge in [0, 0.05) is 17.0 Å². The smallest absolute Gasteiger partial charge is 0.223 e. The molecule has 0 bridgehead atoms. The molecule has 0 heterocycles. The van der Waals surface area contributed by atoms with E-state index in [1.54, 1.807) is 0 Å². The molecular formula is C16H22Cl2N2O. The third-order valence-electron chi connectivity index (χ3n) is 4.58. The molecule has 1 aromatic rings.